The molecule has 12 heteroatoms. The zero-order valence-electron chi connectivity index (χ0n) is 14.4. The number of benzene rings is 2. The first-order chi connectivity index (χ1) is 13.2. The van der Waals surface area contributed by atoms with Gasteiger partial charge in [-0.3, -0.25) is 20.2 Å². The van der Waals surface area contributed by atoms with Crippen LogP contribution in [0.1, 0.15) is 0 Å². The monoisotopic (exact) mass is 410 g/mol. The number of non-ortho nitro benzene ring substituents is 1. The van der Waals surface area contributed by atoms with Gasteiger partial charge in [0.05, 0.1) is 21.6 Å². The Bertz CT molecular complexity index is 1040. The van der Waals surface area contributed by atoms with Gasteiger partial charge in [-0.25, -0.2) is 12.8 Å². The molecule has 3 rings (SSSR count). The smallest absolute Gasteiger partial charge is 0.289 e. The number of piperazine rings is 1. The zero-order valence-corrected chi connectivity index (χ0v) is 15.2. The quantitative estimate of drug-likeness (QED) is 0.546. The summed E-state index contributed by atoms with van der Waals surface area (Å²) in [7, 11) is -4.09. The molecule has 10 nitrogen and oxygen atoms in total. The van der Waals surface area contributed by atoms with Crippen LogP contribution in [0.15, 0.2) is 47.4 Å². The summed E-state index contributed by atoms with van der Waals surface area (Å²) in [5.41, 5.74) is -0.751. The van der Waals surface area contributed by atoms with Crippen molar-refractivity contribution in [1.82, 2.24) is 4.31 Å². The number of rotatable bonds is 5. The van der Waals surface area contributed by atoms with Crippen LogP contribution in [0.4, 0.5) is 21.5 Å². The Labute approximate surface area is 159 Å². The number of sulfonamides is 1. The largest absolute Gasteiger partial charge is 0.367 e. The molecule has 0 spiro atoms. The number of halogens is 1. The molecule has 0 amide bonds. The van der Waals surface area contributed by atoms with Gasteiger partial charge in [-0.15, -0.1) is 0 Å². The van der Waals surface area contributed by atoms with Crippen molar-refractivity contribution in [1.29, 1.82) is 0 Å². The third-order valence-corrected chi connectivity index (χ3v) is 6.35. The molecule has 1 saturated heterocycles. The van der Waals surface area contributed by atoms with E-state index in [1.54, 1.807) is 4.90 Å². The average Bonchev–Trinajstić information content (AvgIpc) is 2.68. The van der Waals surface area contributed by atoms with Crippen LogP contribution in [0.2, 0.25) is 0 Å². The summed E-state index contributed by atoms with van der Waals surface area (Å²) in [6, 6.07) is 8.35. The Balaban J connectivity index is 1.79. The van der Waals surface area contributed by atoms with Crippen LogP contribution < -0.4 is 4.90 Å². The molecule has 28 heavy (non-hydrogen) atoms. The van der Waals surface area contributed by atoms with E-state index in [0.29, 0.717) is 0 Å². The lowest BCUT2D eigenvalue weighted by molar-refractivity contribution is -0.387. The van der Waals surface area contributed by atoms with Gasteiger partial charge < -0.3 is 4.90 Å². The van der Waals surface area contributed by atoms with Crippen LogP contribution >= 0.6 is 0 Å². The highest BCUT2D eigenvalue weighted by Gasteiger charge is 2.34. The molecule has 1 heterocycles. The number of para-hydroxylation sites is 1. The molecule has 1 aliphatic heterocycles. The van der Waals surface area contributed by atoms with Crippen LogP contribution in [0.5, 0.6) is 0 Å². The maximum absolute atomic E-state index is 14.2. The van der Waals surface area contributed by atoms with Crippen LogP contribution in [0.25, 0.3) is 0 Å². The zero-order chi connectivity index (χ0) is 20.5. The van der Waals surface area contributed by atoms with Gasteiger partial charge in [0.1, 0.15) is 0 Å². The minimum absolute atomic E-state index is 0.00912. The molecule has 0 aromatic heterocycles. The standard InChI is InChI=1S/C16H15FN4O6S/c17-13-11-12(20(22)23)5-6-14(13)18-7-9-19(10-8-18)28(26,27)16-4-2-1-3-15(16)21(24)25/h1-6,11H,7-10H2. The maximum Gasteiger partial charge on any atom is 0.289 e. The molecule has 1 aliphatic rings. The number of nitrogens with zero attached hydrogens (tertiary/aromatic N) is 4. The highest BCUT2D eigenvalue weighted by Crippen LogP contribution is 2.29. The first kappa shape index (κ1) is 19.6. The fraction of sp³-hybridized carbons (Fsp3) is 0.250. The molecule has 0 atom stereocenters. The Hall–Kier alpha value is -3.12. The van der Waals surface area contributed by atoms with Crippen molar-refractivity contribution in [3.05, 3.63) is 68.5 Å². The van der Waals surface area contributed by atoms with Crippen molar-refractivity contribution in [2.45, 2.75) is 4.90 Å². The van der Waals surface area contributed by atoms with Gasteiger partial charge in [0.2, 0.25) is 10.0 Å². The molecule has 0 bridgehead atoms. The molecule has 2 aromatic rings. The molecule has 0 radical (unpaired) electrons. The first-order valence-electron chi connectivity index (χ1n) is 8.14. The molecule has 148 valence electrons. The Morgan fingerprint density at radius 2 is 1.57 bits per heavy atom. The second-order valence-corrected chi connectivity index (χ2v) is 7.92. The third-order valence-electron chi connectivity index (χ3n) is 4.40. The van der Waals surface area contributed by atoms with Crippen molar-refractivity contribution in [2.24, 2.45) is 0 Å². The number of nitro groups is 2. The summed E-state index contributed by atoms with van der Waals surface area (Å²) < 4.78 is 40.9. The van der Waals surface area contributed by atoms with Gasteiger partial charge in [-0.05, 0) is 12.1 Å². The lowest BCUT2D eigenvalue weighted by Crippen LogP contribution is -2.49. The van der Waals surface area contributed by atoms with Crippen molar-refractivity contribution in [2.75, 3.05) is 31.1 Å². The Kier molecular flexibility index (Phi) is 5.25. The van der Waals surface area contributed by atoms with E-state index in [1.165, 1.54) is 30.3 Å². The lowest BCUT2D eigenvalue weighted by Gasteiger charge is -2.35. The summed E-state index contributed by atoms with van der Waals surface area (Å²) >= 11 is 0. The summed E-state index contributed by atoms with van der Waals surface area (Å²) in [4.78, 5) is 21.6. The van der Waals surface area contributed by atoms with E-state index in [2.05, 4.69) is 0 Å². The summed E-state index contributed by atoms with van der Waals surface area (Å²) in [5.74, 6) is -0.774. The molecular formula is C16H15FN4O6S. The highest BCUT2D eigenvalue weighted by molar-refractivity contribution is 7.89. The van der Waals surface area contributed by atoms with Gasteiger partial charge in [-0.2, -0.15) is 4.31 Å². The molecule has 0 N–H and O–H groups in total. The summed E-state index contributed by atoms with van der Waals surface area (Å²) in [6.45, 7) is 0.249. The second-order valence-electron chi connectivity index (χ2n) is 6.01. The number of hydrogen-bond donors (Lipinski definition) is 0. The first-order valence-corrected chi connectivity index (χ1v) is 9.58. The third kappa shape index (κ3) is 3.64. The van der Waals surface area contributed by atoms with E-state index < -0.39 is 36.3 Å². The van der Waals surface area contributed by atoms with Crippen LogP contribution in [0, 0.1) is 26.0 Å². The van der Waals surface area contributed by atoms with E-state index in [-0.39, 0.29) is 37.6 Å². The molecule has 2 aromatic carbocycles. The molecule has 0 aliphatic carbocycles. The molecule has 0 saturated carbocycles. The minimum Gasteiger partial charge on any atom is -0.367 e. The fourth-order valence-corrected chi connectivity index (χ4v) is 4.58. The minimum atomic E-state index is -4.09. The molecular weight excluding hydrogens is 395 g/mol. The van der Waals surface area contributed by atoms with Gasteiger partial charge in [0.15, 0.2) is 10.7 Å². The predicted octanol–water partition coefficient (Wildman–Crippen LogP) is 2.15. The van der Waals surface area contributed by atoms with E-state index in [1.807, 2.05) is 0 Å². The average molecular weight is 410 g/mol. The van der Waals surface area contributed by atoms with Gasteiger partial charge in [0.25, 0.3) is 11.4 Å². The van der Waals surface area contributed by atoms with Crippen molar-refractivity contribution in [3.63, 3.8) is 0 Å². The fourth-order valence-electron chi connectivity index (χ4n) is 3.00. The number of nitro benzene ring substituents is 2. The number of hydrogen-bond acceptors (Lipinski definition) is 7. The van der Waals surface area contributed by atoms with E-state index >= 15 is 0 Å². The van der Waals surface area contributed by atoms with Gasteiger partial charge in [-0.1, -0.05) is 12.1 Å². The molecule has 0 unspecified atom stereocenters. The van der Waals surface area contributed by atoms with E-state index in [9.17, 15) is 33.0 Å². The van der Waals surface area contributed by atoms with Crippen LogP contribution in [-0.2, 0) is 10.0 Å². The predicted molar refractivity (Wildman–Crippen MR) is 97.1 cm³/mol. The SMILES string of the molecule is O=[N+]([O-])c1ccc(N2CCN(S(=O)(=O)c3ccccc3[N+](=O)[O-])CC2)c(F)c1. The molecule has 1 fully saturated rings. The second kappa shape index (κ2) is 7.48. The summed E-state index contributed by atoms with van der Waals surface area (Å²) in [5, 5.41) is 21.8. The van der Waals surface area contributed by atoms with Crippen molar-refractivity contribution in [3.8, 4) is 0 Å². The van der Waals surface area contributed by atoms with E-state index in [4.69, 9.17) is 0 Å². The van der Waals surface area contributed by atoms with E-state index in [0.717, 1.165) is 16.4 Å². The van der Waals surface area contributed by atoms with Crippen LogP contribution in [0.3, 0.4) is 0 Å². The summed E-state index contributed by atoms with van der Waals surface area (Å²) in [6.07, 6.45) is 0. The van der Waals surface area contributed by atoms with Crippen LogP contribution in [-0.4, -0.2) is 48.7 Å². The van der Waals surface area contributed by atoms with Crippen molar-refractivity contribution >= 4 is 27.1 Å². The normalized spacial score (nSPS) is 15.4. The van der Waals surface area contributed by atoms with Gasteiger partial charge in [0, 0.05) is 38.3 Å². The van der Waals surface area contributed by atoms with Gasteiger partial charge >= 0.3 is 0 Å². The maximum atomic E-state index is 14.2. The topological polar surface area (TPSA) is 127 Å². The lowest BCUT2D eigenvalue weighted by atomic mass is 10.2. The number of anilines is 1. The Morgan fingerprint density at radius 3 is 2.14 bits per heavy atom. The Morgan fingerprint density at radius 1 is 0.929 bits per heavy atom. The highest BCUT2D eigenvalue weighted by atomic mass is 32.2. The van der Waals surface area contributed by atoms with Crippen molar-refractivity contribution < 1.29 is 22.7 Å².